The number of aromatic nitrogens is 1. The summed E-state index contributed by atoms with van der Waals surface area (Å²) < 4.78 is 7.48. The van der Waals surface area contributed by atoms with Crippen molar-refractivity contribution in [3.63, 3.8) is 0 Å². The smallest absolute Gasteiger partial charge is 0.341 e. The molecule has 4 heterocycles. The number of amides is 2. The molecule has 186 valence electrons. The Balaban J connectivity index is 1.37. The zero-order chi connectivity index (χ0) is 24.5. The number of rotatable bonds is 6. The number of anilines is 1. The lowest BCUT2D eigenvalue weighted by atomic mass is 9.88. The fourth-order valence-corrected chi connectivity index (χ4v) is 7.66. The molecule has 0 bridgehead atoms. The predicted molar refractivity (Wildman–Crippen MR) is 141 cm³/mol. The molecular formula is C26H32N4O3S2. The largest absolute Gasteiger partial charge is 0.462 e. The van der Waals surface area contributed by atoms with Crippen LogP contribution in [0.1, 0.15) is 57.1 Å². The second-order valence-corrected chi connectivity index (χ2v) is 11.6. The van der Waals surface area contributed by atoms with E-state index in [1.807, 2.05) is 24.5 Å². The molecule has 0 saturated carbocycles. The van der Waals surface area contributed by atoms with Gasteiger partial charge in [0, 0.05) is 47.3 Å². The Bertz CT molecular complexity index is 1230. The van der Waals surface area contributed by atoms with E-state index >= 15 is 0 Å². The molecule has 2 aliphatic rings. The molecular weight excluding hydrogens is 480 g/mol. The number of carbonyl (C=O) groups is 2. The summed E-state index contributed by atoms with van der Waals surface area (Å²) in [4.78, 5) is 30.7. The first-order chi connectivity index (χ1) is 16.9. The van der Waals surface area contributed by atoms with E-state index in [0.717, 1.165) is 49.3 Å². The molecule has 0 aromatic carbocycles. The zero-order valence-corrected chi connectivity index (χ0v) is 22.1. The summed E-state index contributed by atoms with van der Waals surface area (Å²) in [5, 5.41) is 7.80. The second kappa shape index (κ2) is 10.2. The minimum atomic E-state index is -0.347. The fraction of sp³-hybridized carbons (Fsp3) is 0.462. The van der Waals surface area contributed by atoms with Crippen LogP contribution in [0.15, 0.2) is 24.5 Å². The van der Waals surface area contributed by atoms with Gasteiger partial charge in [0.25, 0.3) is 0 Å². The van der Waals surface area contributed by atoms with E-state index in [0.29, 0.717) is 29.6 Å². The Morgan fingerprint density at radius 3 is 2.71 bits per heavy atom. The highest BCUT2D eigenvalue weighted by molar-refractivity contribution is 7.17. The Morgan fingerprint density at radius 2 is 1.94 bits per heavy atom. The fourth-order valence-electron chi connectivity index (χ4n) is 5.02. The summed E-state index contributed by atoms with van der Waals surface area (Å²) in [5.74, 6) is 0.170. The lowest BCUT2D eigenvalue weighted by molar-refractivity contribution is 0.0526. The van der Waals surface area contributed by atoms with Crippen molar-refractivity contribution in [2.75, 3.05) is 25.5 Å². The predicted octanol–water partition coefficient (Wildman–Crippen LogP) is 5.21. The van der Waals surface area contributed by atoms with Gasteiger partial charge in [-0.25, -0.2) is 9.59 Å². The Kier molecular flexibility index (Phi) is 7.00. The topological polar surface area (TPSA) is 75.6 Å². The van der Waals surface area contributed by atoms with Crippen molar-refractivity contribution >= 4 is 39.7 Å². The van der Waals surface area contributed by atoms with Gasteiger partial charge in [0.1, 0.15) is 10.0 Å². The summed E-state index contributed by atoms with van der Waals surface area (Å²) in [5.41, 5.74) is 4.12. The number of carbonyl (C=O) groups excluding carboxylic acids is 2. The Labute approximate surface area is 214 Å². The number of hydrogen-bond acceptors (Lipinski definition) is 6. The number of hydrogen-bond donors (Lipinski definition) is 2. The number of nitrogens with one attached hydrogen (secondary N) is 2. The van der Waals surface area contributed by atoms with Crippen LogP contribution in [0.3, 0.4) is 0 Å². The second-order valence-electron chi connectivity index (χ2n) is 9.45. The third-order valence-electron chi connectivity index (χ3n) is 6.81. The molecule has 7 nitrogen and oxygen atoms in total. The van der Waals surface area contributed by atoms with Crippen molar-refractivity contribution in [1.82, 2.24) is 14.8 Å². The maximum atomic E-state index is 13.1. The summed E-state index contributed by atoms with van der Waals surface area (Å²) >= 11 is 3.31. The van der Waals surface area contributed by atoms with Gasteiger partial charge in [-0.1, -0.05) is 6.92 Å². The maximum absolute atomic E-state index is 13.1. The molecule has 5 rings (SSSR count). The van der Waals surface area contributed by atoms with Gasteiger partial charge >= 0.3 is 12.0 Å². The van der Waals surface area contributed by atoms with Gasteiger partial charge in [-0.2, -0.15) is 0 Å². The van der Waals surface area contributed by atoms with Crippen LogP contribution in [-0.4, -0.2) is 41.7 Å². The van der Waals surface area contributed by atoms with E-state index in [9.17, 15) is 9.59 Å². The van der Waals surface area contributed by atoms with E-state index in [1.54, 1.807) is 18.3 Å². The highest BCUT2D eigenvalue weighted by Gasteiger charge is 2.30. The van der Waals surface area contributed by atoms with Gasteiger partial charge in [-0.15, -0.1) is 22.7 Å². The van der Waals surface area contributed by atoms with Gasteiger partial charge in [0.2, 0.25) is 0 Å². The first kappa shape index (κ1) is 24.1. The van der Waals surface area contributed by atoms with Gasteiger partial charge < -0.3 is 19.5 Å². The minimum absolute atomic E-state index is 0.298. The number of nitrogens with zero attached hydrogens (tertiary/aromatic N) is 2. The van der Waals surface area contributed by atoms with Crippen molar-refractivity contribution in [2.24, 2.45) is 5.92 Å². The first-order valence-corrected chi connectivity index (χ1v) is 13.9. The molecule has 1 aliphatic heterocycles. The zero-order valence-electron chi connectivity index (χ0n) is 20.5. The summed E-state index contributed by atoms with van der Waals surface area (Å²) in [6.07, 6.45) is 7.96. The van der Waals surface area contributed by atoms with Crippen LogP contribution >= 0.6 is 22.7 Å². The average Bonchev–Trinajstić information content (AvgIpc) is 3.54. The lowest BCUT2D eigenvalue weighted by Gasteiger charge is -2.22. The van der Waals surface area contributed by atoms with Crippen LogP contribution in [-0.2, 0) is 37.1 Å². The van der Waals surface area contributed by atoms with E-state index in [2.05, 4.69) is 34.1 Å². The number of fused-ring (bicyclic) bond motifs is 2. The molecule has 3 aromatic rings. The van der Waals surface area contributed by atoms with Crippen molar-refractivity contribution < 1.29 is 14.3 Å². The normalized spacial score (nSPS) is 17.5. The van der Waals surface area contributed by atoms with Crippen molar-refractivity contribution in [2.45, 2.75) is 52.6 Å². The molecule has 0 spiro atoms. The van der Waals surface area contributed by atoms with Gasteiger partial charge in [0.15, 0.2) is 0 Å². The summed E-state index contributed by atoms with van der Waals surface area (Å²) in [6, 6.07) is 3.74. The molecule has 0 radical (unpaired) electrons. The SMILES string of the molecule is CCOC(=O)c1c(NC(=O)NCc2c(-n3cccc3)sc3c2CCN(C)C3)sc2c1CC(C)CC2. The average molecular weight is 513 g/mol. The first-order valence-electron chi connectivity index (χ1n) is 12.3. The Hall–Kier alpha value is -2.62. The van der Waals surface area contributed by atoms with Crippen LogP contribution in [0.25, 0.3) is 5.00 Å². The van der Waals surface area contributed by atoms with Crippen LogP contribution < -0.4 is 10.6 Å². The maximum Gasteiger partial charge on any atom is 0.341 e. The van der Waals surface area contributed by atoms with Crippen LogP contribution in [0.2, 0.25) is 0 Å². The molecule has 2 amide bonds. The third kappa shape index (κ3) is 4.90. The minimum Gasteiger partial charge on any atom is -0.462 e. The van der Waals surface area contributed by atoms with Crippen molar-refractivity contribution in [1.29, 1.82) is 0 Å². The molecule has 0 fully saturated rings. The van der Waals surface area contributed by atoms with E-state index in [1.165, 1.54) is 32.2 Å². The van der Waals surface area contributed by atoms with Crippen LogP contribution in [0.5, 0.6) is 0 Å². The molecule has 3 aromatic heterocycles. The van der Waals surface area contributed by atoms with Crippen molar-refractivity contribution in [3.8, 4) is 5.00 Å². The standard InChI is InChI=1S/C26H32N4O3S2/c1-4-33-25(31)22-18-13-16(2)7-8-20(18)34-23(22)28-26(32)27-14-19-17-9-12-29(3)15-21(17)35-24(19)30-10-5-6-11-30/h5-6,10-11,16H,4,7-9,12-15H2,1-3H3,(H2,27,28,32). The summed E-state index contributed by atoms with van der Waals surface area (Å²) in [6.45, 7) is 6.70. The van der Waals surface area contributed by atoms with E-state index in [4.69, 9.17) is 4.74 Å². The van der Waals surface area contributed by atoms with Gasteiger partial charge in [0.05, 0.1) is 12.2 Å². The number of aryl methyl sites for hydroxylation is 1. The third-order valence-corrected chi connectivity index (χ3v) is 9.29. The highest BCUT2D eigenvalue weighted by atomic mass is 32.1. The number of likely N-dealkylation sites (N-methyl/N-ethyl adjacent to an activating group) is 1. The van der Waals surface area contributed by atoms with Gasteiger partial charge in [-0.3, -0.25) is 5.32 Å². The van der Waals surface area contributed by atoms with E-state index < -0.39 is 0 Å². The molecule has 1 aliphatic carbocycles. The Morgan fingerprint density at radius 1 is 1.14 bits per heavy atom. The molecule has 9 heteroatoms. The molecule has 0 saturated heterocycles. The monoisotopic (exact) mass is 512 g/mol. The van der Waals surface area contributed by atoms with Crippen LogP contribution in [0.4, 0.5) is 9.80 Å². The van der Waals surface area contributed by atoms with Crippen molar-refractivity contribution in [3.05, 3.63) is 56.5 Å². The van der Waals surface area contributed by atoms with Gasteiger partial charge in [-0.05, 0) is 68.8 Å². The number of urea groups is 1. The summed E-state index contributed by atoms with van der Waals surface area (Å²) in [7, 11) is 2.14. The highest BCUT2D eigenvalue weighted by Crippen LogP contribution is 2.40. The number of thiophene rings is 2. The molecule has 2 N–H and O–H groups in total. The quantitative estimate of drug-likeness (QED) is 0.445. The number of ether oxygens (including phenoxy) is 1. The number of esters is 1. The molecule has 1 unspecified atom stereocenters. The lowest BCUT2D eigenvalue weighted by Crippen LogP contribution is -2.30. The van der Waals surface area contributed by atoms with Crippen LogP contribution in [0, 0.1) is 5.92 Å². The van der Waals surface area contributed by atoms with E-state index in [-0.39, 0.29) is 12.0 Å². The molecule has 1 atom stereocenters. The molecule has 35 heavy (non-hydrogen) atoms.